The molecular weight excluding hydrogens is 462 g/mol. The third-order valence-electron chi connectivity index (χ3n) is 6.59. The van der Waals surface area contributed by atoms with Gasteiger partial charge < -0.3 is 10.2 Å². The Bertz CT molecular complexity index is 1100. The number of rotatable bonds is 10. The maximum Gasteiger partial charge on any atom is 0.244 e. The molecular formula is C27H37N3O4S. The van der Waals surface area contributed by atoms with E-state index in [-0.39, 0.29) is 25.0 Å². The summed E-state index contributed by atoms with van der Waals surface area (Å²) in [5.41, 5.74) is 2.37. The van der Waals surface area contributed by atoms with Crippen molar-refractivity contribution in [3.8, 4) is 0 Å². The Labute approximate surface area is 209 Å². The lowest BCUT2D eigenvalue weighted by molar-refractivity contribution is -0.139. The van der Waals surface area contributed by atoms with Crippen molar-refractivity contribution in [3.63, 3.8) is 0 Å². The fourth-order valence-electron chi connectivity index (χ4n) is 4.39. The predicted molar refractivity (Wildman–Crippen MR) is 140 cm³/mol. The number of nitrogens with zero attached hydrogens (tertiary/aromatic N) is 2. The number of hydrogen-bond acceptors (Lipinski definition) is 4. The fourth-order valence-corrected chi connectivity index (χ4v) is 5.24. The van der Waals surface area contributed by atoms with Gasteiger partial charge in [-0.2, -0.15) is 0 Å². The van der Waals surface area contributed by atoms with Crippen LogP contribution in [-0.4, -0.2) is 50.0 Å². The van der Waals surface area contributed by atoms with Crippen molar-refractivity contribution >= 4 is 27.5 Å². The Morgan fingerprint density at radius 2 is 1.57 bits per heavy atom. The molecule has 1 N–H and O–H groups in total. The Kier molecular flexibility index (Phi) is 8.94. The molecule has 0 spiro atoms. The van der Waals surface area contributed by atoms with Crippen LogP contribution in [-0.2, 0) is 26.2 Å². The van der Waals surface area contributed by atoms with E-state index in [1.54, 1.807) is 19.1 Å². The molecule has 0 radical (unpaired) electrons. The Morgan fingerprint density at radius 1 is 0.971 bits per heavy atom. The number of benzene rings is 2. The van der Waals surface area contributed by atoms with Crippen molar-refractivity contribution < 1.29 is 18.0 Å². The number of carbonyl (C=O) groups excluding carboxylic acids is 2. The van der Waals surface area contributed by atoms with Crippen LogP contribution in [0.1, 0.15) is 63.5 Å². The molecule has 1 saturated carbocycles. The Hall–Kier alpha value is -2.87. The van der Waals surface area contributed by atoms with Gasteiger partial charge in [0.1, 0.15) is 12.6 Å². The van der Waals surface area contributed by atoms with Crippen LogP contribution in [0.4, 0.5) is 5.69 Å². The number of nitrogens with one attached hydrogen (secondary N) is 1. The summed E-state index contributed by atoms with van der Waals surface area (Å²) in [6.07, 6.45) is 5.16. The van der Waals surface area contributed by atoms with Gasteiger partial charge in [0.15, 0.2) is 0 Å². The highest BCUT2D eigenvalue weighted by atomic mass is 32.2. The number of hydrogen-bond donors (Lipinski definition) is 1. The van der Waals surface area contributed by atoms with Gasteiger partial charge in [-0.15, -0.1) is 0 Å². The Balaban J connectivity index is 1.85. The normalized spacial score (nSPS) is 15.1. The molecule has 0 aromatic heterocycles. The number of carbonyl (C=O) groups is 2. The van der Waals surface area contributed by atoms with E-state index >= 15 is 0 Å². The number of amides is 2. The first-order valence-corrected chi connectivity index (χ1v) is 14.1. The van der Waals surface area contributed by atoms with Gasteiger partial charge in [-0.05, 0) is 48.9 Å². The van der Waals surface area contributed by atoms with E-state index in [1.807, 2.05) is 42.5 Å². The third kappa shape index (κ3) is 7.31. The van der Waals surface area contributed by atoms with Gasteiger partial charge in [0, 0.05) is 12.6 Å². The molecule has 0 heterocycles. The molecule has 35 heavy (non-hydrogen) atoms. The summed E-state index contributed by atoms with van der Waals surface area (Å²) in [6, 6.07) is 16.0. The van der Waals surface area contributed by atoms with Crippen molar-refractivity contribution in [1.29, 1.82) is 0 Å². The summed E-state index contributed by atoms with van der Waals surface area (Å²) in [5, 5.41) is 3.07. The Morgan fingerprint density at radius 3 is 2.11 bits per heavy atom. The zero-order chi connectivity index (χ0) is 25.6. The summed E-state index contributed by atoms with van der Waals surface area (Å²) < 4.78 is 26.5. The average molecular weight is 500 g/mol. The van der Waals surface area contributed by atoms with Crippen LogP contribution >= 0.6 is 0 Å². The zero-order valence-corrected chi connectivity index (χ0v) is 21.9. The van der Waals surface area contributed by atoms with Gasteiger partial charge in [0.05, 0.1) is 11.9 Å². The molecule has 2 amide bonds. The second kappa shape index (κ2) is 11.7. The van der Waals surface area contributed by atoms with Crippen LogP contribution in [0.3, 0.4) is 0 Å². The molecule has 0 aliphatic heterocycles. The van der Waals surface area contributed by atoms with Crippen LogP contribution in [0.15, 0.2) is 54.6 Å². The standard InChI is InChI=1S/C27H37N3O4S/c1-20(2)23-14-16-25(17-15-23)30(35(4,33)34)19-26(31)29(18-22-10-6-5-7-11-22)21(3)27(32)28-24-12-8-9-13-24/h5-7,10-11,14-17,20-21,24H,8-9,12-13,18-19H2,1-4H3,(H,28,32)/t21-/m1/s1. The van der Waals surface area contributed by atoms with Gasteiger partial charge in [-0.25, -0.2) is 8.42 Å². The van der Waals surface area contributed by atoms with Gasteiger partial charge in [0.2, 0.25) is 21.8 Å². The molecule has 0 saturated heterocycles. The van der Waals surface area contributed by atoms with Gasteiger partial charge in [-0.3, -0.25) is 13.9 Å². The van der Waals surface area contributed by atoms with Crippen LogP contribution in [0, 0.1) is 0 Å². The summed E-state index contributed by atoms with van der Waals surface area (Å²) >= 11 is 0. The fraction of sp³-hybridized carbons (Fsp3) is 0.481. The first-order valence-electron chi connectivity index (χ1n) is 12.3. The van der Waals surface area contributed by atoms with Crippen molar-refractivity contribution in [3.05, 3.63) is 65.7 Å². The maximum atomic E-state index is 13.6. The second-order valence-corrected chi connectivity index (χ2v) is 11.6. The molecule has 1 aliphatic rings. The lowest BCUT2D eigenvalue weighted by Gasteiger charge is -2.32. The van der Waals surface area contributed by atoms with E-state index in [4.69, 9.17) is 0 Å². The van der Waals surface area contributed by atoms with Crippen molar-refractivity contribution in [2.45, 2.75) is 71.0 Å². The van der Waals surface area contributed by atoms with E-state index in [0.717, 1.165) is 47.4 Å². The predicted octanol–water partition coefficient (Wildman–Crippen LogP) is 4.05. The SMILES string of the molecule is CC(C)c1ccc(N(CC(=O)N(Cc2ccccc2)[C@H](C)C(=O)NC2CCCC2)S(C)(=O)=O)cc1. The smallest absolute Gasteiger partial charge is 0.244 e. The molecule has 1 atom stereocenters. The molecule has 2 aromatic rings. The summed E-state index contributed by atoms with van der Waals surface area (Å²) in [7, 11) is -3.73. The highest BCUT2D eigenvalue weighted by Crippen LogP contribution is 2.23. The molecule has 3 rings (SSSR count). The summed E-state index contributed by atoms with van der Waals surface area (Å²) in [6.45, 7) is 5.66. The van der Waals surface area contributed by atoms with Crippen LogP contribution < -0.4 is 9.62 Å². The quantitative estimate of drug-likeness (QED) is 0.534. The molecule has 0 unspecified atom stereocenters. The van der Waals surface area contributed by atoms with Crippen LogP contribution in [0.25, 0.3) is 0 Å². The highest BCUT2D eigenvalue weighted by Gasteiger charge is 2.31. The number of sulfonamides is 1. The molecule has 1 aliphatic carbocycles. The molecule has 7 nitrogen and oxygen atoms in total. The second-order valence-electron chi connectivity index (χ2n) is 9.69. The van der Waals surface area contributed by atoms with Crippen molar-refractivity contribution in [1.82, 2.24) is 10.2 Å². The minimum atomic E-state index is -3.73. The van der Waals surface area contributed by atoms with E-state index < -0.39 is 22.0 Å². The first kappa shape index (κ1) is 26.7. The average Bonchev–Trinajstić information content (AvgIpc) is 3.33. The lowest BCUT2D eigenvalue weighted by atomic mass is 10.0. The van der Waals surface area contributed by atoms with E-state index in [9.17, 15) is 18.0 Å². The summed E-state index contributed by atoms with van der Waals surface area (Å²) in [5.74, 6) is -0.340. The lowest BCUT2D eigenvalue weighted by Crippen LogP contribution is -2.52. The van der Waals surface area contributed by atoms with Gasteiger partial charge in [0.25, 0.3) is 0 Å². The topological polar surface area (TPSA) is 86.8 Å². The van der Waals surface area contributed by atoms with Gasteiger partial charge in [-0.1, -0.05) is 69.2 Å². The monoisotopic (exact) mass is 499 g/mol. The first-order chi connectivity index (χ1) is 16.6. The molecule has 8 heteroatoms. The summed E-state index contributed by atoms with van der Waals surface area (Å²) in [4.78, 5) is 28.1. The van der Waals surface area contributed by atoms with Crippen molar-refractivity contribution in [2.24, 2.45) is 0 Å². The van der Waals surface area contributed by atoms with E-state index in [1.165, 1.54) is 4.90 Å². The number of anilines is 1. The van der Waals surface area contributed by atoms with Crippen molar-refractivity contribution in [2.75, 3.05) is 17.1 Å². The van der Waals surface area contributed by atoms with Crippen LogP contribution in [0.2, 0.25) is 0 Å². The molecule has 0 bridgehead atoms. The largest absolute Gasteiger partial charge is 0.352 e. The molecule has 1 fully saturated rings. The molecule has 2 aromatic carbocycles. The zero-order valence-electron chi connectivity index (χ0n) is 21.1. The highest BCUT2D eigenvalue weighted by molar-refractivity contribution is 7.92. The van der Waals surface area contributed by atoms with Crippen LogP contribution in [0.5, 0.6) is 0 Å². The van der Waals surface area contributed by atoms with Gasteiger partial charge >= 0.3 is 0 Å². The third-order valence-corrected chi connectivity index (χ3v) is 7.73. The maximum absolute atomic E-state index is 13.6. The molecule has 190 valence electrons. The minimum Gasteiger partial charge on any atom is -0.352 e. The van der Waals surface area contributed by atoms with E-state index in [0.29, 0.717) is 11.6 Å². The minimum absolute atomic E-state index is 0.130. The van der Waals surface area contributed by atoms with E-state index in [2.05, 4.69) is 19.2 Å².